The van der Waals surface area contributed by atoms with Crippen molar-refractivity contribution in [2.45, 2.75) is 31.1 Å². The second-order valence-electron chi connectivity index (χ2n) is 6.69. The number of nitrogens with zero attached hydrogens (tertiary/aromatic N) is 2. The van der Waals surface area contributed by atoms with Crippen molar-refractivity contribution in [2.75, 3.05) is 31.5 Å². The normalized spacial score (nSPS) is 17.3. The molecule has 0 N–H and O–H groups in total. The molecule has 0 bridgehead atoms. The minimum Gasteiger partial charge on any atom is -0.339 e. The molecule has 23 heavy (non-hydrogen) atoms. The number of carbonyl (C=O) groups excluding carboxylic acids is 1. The van der Waals surface area contributed by atoms with Crippen molar-refractivity contribution < 1.29 is 13.2 Å². The zero-order valence-corrected chi connectivity index (χ0v) is 16.2. The van der Waals surface area contributed by atoms with Crippen LogP contribution in [0.4, 0.5) is 0 Å². The number of amides is 1. The lowest BCUT2D eigenvalue weighted by Crippen LogP contribution is -2.50. The monoisotopic (exact) mass is 402 g/mol. The molecular formula is C16H23BrN2O3S. The molecule has 2 rings (SSSR count). The van der Waals surface area contributed by atoms with Gasteiger partial charge < -0.3 is 4.90 Å². The van der Waals surface area contributed by atoms with E-state index in [4.69, 9.17) is 0 Å². The zero-order valence-electron chi connectivity index (χ0n) is 13.8. The van der Waals surface area contributed by atoms with Crippen LogP contribution in [0.25, 0.3) is 0 Å². The number of rotatable bonds is 3. The van der Waals surface area contributed by atoms with Crippen molar-refractivity contribution >= 4 is 31.9 Å². The number of carbonyl (C=O) groups is 1. The number of sulfonamides is 1. The molecule has 0 aliphatic carbocycles. The summed E-state index contributed by atoms with van der Waals surface area (Å²) in [6, 6.07) is 7.09. The zero-order chi connectivity index (χ0) is 17.3. The number of benzene rings is 1. The van der Waals surface area contributed by atoms with Gasteiger partial charge in [0.05, 0.1) is 10.2 Å². The van der Waals surface area contributed by atoms with Crippen molar-refractivity contribution in [1.82, 2.24) is 9.21 Å². The van der Waals surface area contributed by atoms with Crippen LogP contribution in [0.2, 0.25) is 0 Å². The Kier molecular flexibility index (Phi) is 5.53. The summed E-state index contributed by atoms with van der Waals surface area (Å²) in [6.07, 6.45) is 0. The minimum absolute atomic E-state index is 0.00317. The predicted octanol–water partition coefficient (Wildman–Crippen LogP) is 2.21. The molecule has 128 valence electrons. The van der Waals surface area contributed by atoms with Crippen LogP contribution in [0, 0.1) is 0 Å². The van der Waals surface area contributed by atoms with Gasteiger partial charge in [-0.25, -0.2) is 8.42 Å². The molecule has 0 spiro atoms. The van der Waals surface area contributed by atoms with Gasteiger partial charge in [0.15, 0.2) is 0 Å². The predicted molar refractivity (Wildman–Crippen MR) is 94.3 cm³/mol. The molecule has 0 unspecified atom stereocenters. The van der Waals surface area contributed by atoms with Gasteiger partial charge in [0, 0.05) is 26.2 Å². The van der Waals surface area contributed by atoms with Gasteiger partial charge in [0.2, 0.25) is 15.9 Å². The summed E-state index contributed by atoms with van der Waals surface area (Å²) in [5.74, 6) is -0.00317. The quantitative estimate of drug-likeness (QED) is 0.728. The van der Waals surface area contributed by atoms with Gasteiger partial charge in [-0.05, 0) is 23.1 Å². The average Bonchev–Trinajstić information content (AvgIpc) is 2.53. The summed E-state index contributed by atoms with van der Waals surface area (Å²) in [4.78, 5) is 13.6. The van der Waals surface area contributed by atoms with Crippen LogP contribution >= 0.6 is 15.9 Å². The molecule has 1 aliphatic rings. The summed E-state index contributed by atoms with van der Waals surface area (Å²) in [6.45, 7) is 7.82. The van der Waals surface area contributed by atoms with E-state index in [0.29, 0.717) is 31.1 Å². The van der Waals surface area contributed by atoms with E-state index in [9.17, 15) is 13.2 Å². The fraction of sp³-hybridized carbons (Fsp3) is 0.562. The molecule has 0 saturated carbocycles. The van der Waals surface area contributed by atoms with E-state index in [0.717, 1.165) is 5.56 Å². The van der Waals surface area contributed by atoms with Crippen molar-refractivity contribution in [3.63, 3.8) is 0 Å². The van der Waals surface area contributed by atoms with E-state index in [1.54, 1.807) is 17.0 Å². The standard InChI is InChI=1S/C16H23BrN2O3S/c1-16(2,3)13-4-6-14(7-5-13)23(21,22)19-10-8-18(9-11-19)15(20)12-17/h4-7H,8-12H2,1-3H3. The molecule has 1 heterocycles. The molecule has 0 radical (unpaired) electrons. The third-order valence-electron chi connectivity index (χ3n) is 4.06. The minimum atomic E-state index is -3.50. The van der Waals surface area contributed by atoms with Crippen LogP contribution in [-0.4, -0.2) is 55.0 Å². The van der Waals surface area contributed by atoms with Crippen LogP contribution in [0.5, 0.6) is 0 Å². The van der Waals surface area contributed by atoms with Gasteiger partial charge >= 0.3 is 0 Å². The van der Waals surface area contributed by atoms with Gasteiger partial charge in [0.1, 0.15) is 0 Å². The van der Waals surface area contributed by atoms with Crippen LogP contribution in [0.3, 0.4) is 0 Å². The first kappa shape index (κ1) is 18.4. The van der Waals surface area contributed by atoms with Crippen LogP contribution in [-0.2, 0) is 20.2 Å². The summed E-state index contributed by atoms with van der Waals surface area (Å²) in [5.41, 5.74) is 1.09. The Morgan fingerprint density at radius 1 is 1.09 bits per heavy atom. The van der Waals surface area contributed by atoms with E-state index in [-0.39, 0.29) is 16.7 Å². The Morgan fingerprint density at radius 3 is 2.04 bits per heavy atom. The number of halogens is 1. The Balaban J connectivity index is 2.12. The number of hydrogen-bond donors (Lipinski definition) is 0. The van der Waals surface area contributed by atoms with Gasteiger partial charge in [-0.1, -0.05) is 48.8 Å². The molecule has 0 atom stereocenters. The molecule has 7 heteroatoms. The molecule has 0 aromatic heterocycles. The Morgan fingerprint density at radius 2 is 1.61 bits per heavy atom. The van der Waals surface area contributed by atoms with Crippen molar-refractivity contribution in [3.05, 3.63) is 29.8 Å². The second kappa shape index (κ2) is 6.91. The summed E-state index contributed by atoms with van der Waals surface area (Å²) in [5, 5.41) is 0.272. The highest BCUT2D eigenvalue weighted by molar-refractivity contribution is 9.09. The van der Waals surface area contributed by atoms with Crippen LogP contribution in [0.1, 0.15) is 26.3 Å². The first-order valence-corrected chi connectivity index (χ1v) is 10.2. The lowest BCUT2D eigenvalue weighted by Gasteiger charge is -2.33. The fourth-order valence-electron chi connectivity index (χ4n) is 2.54. The topological polar surface area (TPSA) is 57.7 Å². The fourth-order valence-corrected chi connectivity index (χ4v) is 4.32. The molecule has 1 fully saturated rings. The van der Waals surface area contributed by atoms with Crippen molar-refractivity contribution in [2.24, 2.45) is 0 Å². The Hall–Kier alpha value is -0.920. The SMILES string of the molecule is CC(C)(C)c1ccc(S(=O)(=O)N2CCN(C(=O)CBr)CC2)cc1. The highest BCUT2D eigenvalue weighted by Crippen LogP contribution is 2.25. The first-order valence-electron chi connectivity index (χ1n) is 7.60. The summed E-state index contributed by atoms with van der Waals surface area (Å²) in [7, 11) is -3.50. The van der Waals surface area contributed by atoms with Crippen molar-refractivity contribution in [3.8, 4) is 0 Å². The number of piperazine rings is 1. The largest absolute Gasteiger partial charge is 0.339 e. The molecule has 1 saturated heterocycles. The smallest absolute Gasteiger partial charge is 0.243 e. The Bertz CT molecular complexity index is 658. The van der Waals surface area contributed by atoms with Gasteiger partial charge in [-0.3, -0.25) is 4.79 Å². The maximum absolute atomic E-state index is 12.7. The highest BCUT2D eigenvalue weighted by atomic mass is 79.9. The molecule has 1 aliphatic heterocycles. The van der Waals surface area contributed by atoms with Gasteiger partial charge in [-0.2, -0.15) is 4.31 Å². The maximum Gasteiger partial charge on any atom is 0.243 e. The molecule has 1 aromatic carbocycles. The lowest BCUT2D eigenvalue weighted by atomic mass is 9.87. The van der Waals surface area contributed by atoms with E-state index < -0.39 is 10.0 Å². The number of alkyl halides is 1. The van der Waals surface area contributed by atoms with E-state index in [2.05, 4.69) is 36.7 Å². The molecule has 5 nitrogen and oxygen atoms in total. The third kappa shape index (κ3) is 4.14. The lowest BCUT2D eigenvalue weighted by molar-refractivity contribution is -0.129. The molecule has 1 amide bonds. The van der Waals surface area contributed by atoms with E-state index in [1.165, 1.54) is 4.31 Å². The van der Waals surface area contributed by atoms with Crippen LogP contribution < -0.4 is 0 Å². The second-order valence-corrected chi connectivity index (χ2v) is 9.19. The van der Waals surface area contributed by atoms with Gasteiger partial charge in [0.25, 0.3) is 0 Å². The average molecular weight is 403 g/mol. The summed E-state index contributed by atoms with van der Waals surface area (Å²) < 4.78 is 26.9. The first-order chi connectivity index (χ1) is 10.7. The number of hydrogen-bond acceptors (Lipinski definition) is 3. The van der Waals surface area contributed by atoms with Gasteiger partial charge in [-0.15, -0.1) is 0 Å². The van der Waals surface area contributed by atoms with E-state index >= 15 is 0 Å². The molecule has 1 aromatic rings. The highest BCUT2D eigenvalue weighted by Gasteiger charge is 2.30. The van der Waals surface area contributed by atoms with Crippen molar-refractivity contribution in [1.29, 1.82) is 0 Å². The third-order valence-corrected chi connectivity index (χ3v) is 6.46. The summed E-state index contributed by atoms with van der Waals surface area (Å²) >= 11 is 3.14. The van der Waals surface area contributed by atoms with E-state index in [1.807, 2.05) is 12.1 Å². The maximum atomic E-state index is 12.7. The molecular weight excluding hydrogens is 380 g/mol. The Labute approximate surface area is 146 Å². The van der Waals surface area contributed by atoms with Crippen LogP contribution in [0.15, 0.2) is 29.2 Å².